The van der Waals surface area contributed by atoms with E-state index < -0.39 is 29.7 Å². The standard InChI is InChI=1S/C19H16F3NO3/c1-26-18(25)17(14-5-3-2-4-6-14)23-16(24)12-9-13-7-10-15(11-8-13)19(20,21)22/h2-12,17H,1H3,(H,23,24)/b12-9+. The lowest BCUT2D eigenvalue weighted by molar-refractivity contribution is -0.144. The number of carbonyl (C=O) groups is 2. The van der Waals surface area contributed by atoms with Crippen molar-refractivity contribution in [2.24, 2.45) is 0 Å². The van der Waals surface area contributed by atoms with Gasteiger partial charge < -0.3 is 10.1 Å². The summed E-state index contributed by atoms with van der Waals surface area (Å²) in [6.07, 6.45) is -1.92. The molecule has 0 heterocycles. The van der Waals surface area contributed by atoms with Crippen LogP contribution in [0.15, 0.2) is 60.7 Å². The highest BCUT2D eigenvalue weighted by molar-refractivity contribution is 5.94. The highest BCUT2D eigenvalue weighted by atomic mass is 19.4. The van der Waals surface area contributed by atoms with Crippen molar-refractivity contribution in [3.63, 3.8) is 0 Å². The monoisotopic (exact) mass is 363 g/mol. The molecule has 0 saturated carbocycles. The summed E-state index contributed by atoms with van der Waals surface area (Å²) in [5, 5.41) is 2.51. The van der Waals surface area contributed by atoms with Crippen molar-refractivity contribution < 1.29 is 27.5 Å². The van der Waals surface area contributed by atoms with Crippen molar-refractivity contribution in [2.75, 3.05) is 7.11 Å². The van der Waals surface area contributed by atoms with Gasteiger partial charge in [-0.25, -0.2) is 4.79 Å². The van der Waals surface area contributed by atoms with E-state index in [-0.39, 0.29) is 0 Å². The highest BCUT2D eigenvalue weighted by Gasteiger charge is 2.29. The van der Waals surface area contributed by atoms with Crippen molar-refractivity contribution in [1.82, 2.24) is 5.32 Å². The molecule has 0 saturated heterocycles. The minimum Gasteiger partial charge on any atom is -0.467 e. The normalized spacial score (nSPS) is 12.6. The lowest BCUT2D eigenvalue weighted by atomic mass is 10.1. The Morgan fingerprint density at radius 1 is 1.04 bits per heavy atom. The van der Waals surface area contributed by atoms with Gasteiger partial charge >= 0.3 is 12.1 Å². The molecule has 1 atom stereocenters. The summed E-state index contributed by atoms with van der Waals surface area (Å²) < 4.78 is 42.3. The molecule has 1 unspecified atom stereocenters. The van der Waals surface area contributed by atoms with Gasteiger partial charge in [-0.15, -0.1) is 0 Å². The molecule has 0 radical (unpaired) electrons. The quantitative estimate of drug-likeness (QED) is 0.650. The van der Waals surface area contributed by atoms with Gasteiger partial charge in [-0.2, -0.15) is 13.2 Å². The molecular formula is C19H16F3NO3. The lowest BCUT2D eigenvalue weighted by Crippen LogP contribution is -2.33. The Balaban J connectivity index is 2.08. The number of nitrogens with one attached hydrogen (secondary N) is 1. The molecule has 4 nitrogen and oxygen atoms in total. The Morgan fingerprint density at radius 2 is 1.65 bits per heavy atom. The molecule has 2 aromatic carbocycles. The molecule has 2 aromatic rings. The predicted molar refractivity (Wildman–Crippen MR) is 89.8 cm³/mol. The van der Waals surface area contributed by atoms with E-state index in [0.717, 1.165) is 18.2 Å². The molecule has 26 heavy (non-hydrogen) atoms. The molecular weight excluding hydrogens is 347 g/mol. The Morgan fingerprint density at radius 3 is 2.19 bits per heavy atom. The van der Waals surface area contributed by atoms with Crippen molar-refractivity contribution >= 4 is 18.0 Å². The summed E-state index contributed by atoms with van der Waals surface area (Å²) in [6, 6.07) is 11.9. The number of esters is 1. The first kappa shape index (κ1) is 19.2. The summed E-state index contributed by atoms with van der Waals surface area (Å²) in [5.74, 6) is -1.21. The Kier molecular flexibility index (Phi) is 6.16. The summed E-state index contributed by atoms with van der Waals surface area (Å²) >= 11 is 0. The number of hydrogen-bond acceptors (Lipinski definition) is 3. The first-order chi connectivity index (χ1) is 12.3. The number of halogens is 3. The van der Waals surface area contributed by atoms with Crippen LogP contribution in [-0.4, -0.2) is 19.0 Å². The minimum absolute atomic E-state index is 0.419. The minimum atomic E-state index is -4.41. The molecule has 0 aliphatic rings. The van der Waals surface area contributed by atoms with Crippen LogP contribution in [0.4, 0.5) is 13.2 Å². The van der Waals surface area contributed by atoms with Crippen LogP contribution in [0.2, 0.25) is 0 Å². The molecule has 0 aliphatic heterocycles. The number of hydrogen-bond donors (Lipinski definition) is 1. The Labute approximate surface area is 148 Å². The number of carbonyl (C=O) groups excluding carboxylic acids is 2. The molecule has 0 bridgehead atoms. The number of amides is 1. The maximum absolute atomic E-state index is 12.5. The van der Waals surface area contributed by atoms with Gasteiger partial charge in [-0.1, -0.05) is 42.5 Å². The first-order valence-corrected chi connectivity index (χ1v) is 7.60. The fourth-order valence-electron chi connectivity index (χ4n) is 2.19. The van der Waals surface area contributed by atoms with Crippen LogP contribution in [0, 0.1) is 0 Å². The van der Waals surface area contributed by atoms with Gasteiger partial charge in [-0.05, 0) is 29.3 Å². The zero-order valence-corrected chi connectivity index (χ0v) is 13.8. The Hall–Kier alpha value is -3.09. The number of methoxy groups -OCH3 is 1. The van der Waals surface area contributed by atoms with Gasteiger partial charge in [0.05, 0.1) is 12.7 Å². The molecule has 0 aromatic heterocycles. The largest absolute Gasteiger partial charge is 0.467 e. The van der Waals surface area contributed by atoms with Gasteiger partial charge in [0, 0.05) is 6.08 Å². The predicted octanol–water partition coefficient (Wildman–Crippen LogP) is 3.75. The molecule has 136 valence electrons. The van der Waals surface area contributed by atoms with E-state index in [0.29, 0.717) is 11.1 Å². The molecule has 1 N–H and O–H groups in total. The molecule has 0 fully saturated rings. The van der Waals surface area contributed by atoms with E-state index in [4.69, 9.17) is 4.74 Å². The Bertz CT molecular complexity index is 784. The first-order valence-electron chi connectivity index (χ1n) is 7.60. The van der Waals surface area contributed by atoms with E-state index in [9.17, 15) is 22.8 Å². The van der Waals surface area contributed by atoms with Crippen LogP contribution in [-0.2, 0) is 20.5 Å². The summed E-state index contributed by atoms with van der Waals surface area (Å²) in [5.41, 5.74) is 0.201. The average Bonchev–Trinajstić information content (AvgIpc) is 2.64. The third-order valence-corrected chi connectivity index (χ3v) is 3.52. The molecule has 0 spiro atoms. The highest BCUT2D eigenvalue weighted by Crippen LogP contribution is 2.29. The molecule has 7 heteroatoms. The van der Waals surface area contributed by atoms with Crippen molar-refractivity contribution in [3.8, 4) is 0 Å². The smallest absolute Gasteiger partial charge is 0.416 e. The topological polar surface area (TPSA) is 55.4 Å². The SMILES string of the molecule is COC(=O)C(NC(=O)/C=C/c1ccc(C(F)(F)F)cc1)c1ccccc1. The van der Waals surface area contributed by atoms with E-state index in [2.05, 4.69) is 5.32 Å². The van der Waals surface area contributed by atoms with Gasteiger partial charge in [0.15, 0.2) is 6.04 Å². The summed E-state index contributed by atoms with van der Waals surface area (Å²) in [4.78, 5) is 23.9. The van der Waals surface area contributed by atoms with Crippen molar-refractivity contribution in [2.45, 2.75) is 12.2 Å². The third-order valence-electron chi connectivity index (χ3n) is 3.52. The van der Waals surface area contributed by atoms with E-state index >= 15 is 0 Å². The van der Waals surface area contributed by atoms with E-state index in [1.165, 1.54) is 25.3 Å². The van der Waals surface area contributed by atoms with Crippen LogP contribution in [0.1, 0.15) is 22.7 Å². The average molecular weight is 363 g/mol. The second-order valence-corrected chi connectivity index (χ2v) is 5.33. The lowest BCUT2D eigenvalue weighted by Gasteiger charge is -2.15. The van der Waals surface area contributed by atoms with Gasteiger partial charge in [-0.3, -0.25) is 4.79 Å². The van der Waals surface area contributed by atoms with Crippen LogP contribution in [0.3, 0.4) is 0 Å². The van der Waals surface area contributed by atoms with E-state index in [1.54, 1.807) is 30.3 Å². The van der Waals surface area contributed by atoms with E-state index in [1.807, 2.05) is 0 Å². The number of rotatable bonds is 5. The van der Waals surface area contributed by atoms with Crippen LogP contribution >= 0.6 is 0 Å². The van der Waals surface area contributed by atoms with Gasteiger partial charge in [0.1, 0.15) is 0 Å². The third kappa shape index (κ3) is 5.20. The van der Waals surface area contributed by atoms with Crippen LogP contribution < -0.4 is 5.32 Å². The number of alkyl halides is 3. The zero-order valence-electron chi connectivity index (χ0n) is 13.8. The molecule has 0 aliphatic carbocycles. The fraction of sp³-hybridized carbons (Fsp3) is 0.158. The molecule has 2 rings (SSSR count). The van der Waals surface area contributed by atoms with Gasteiger partial charge in [0.2, 0.25) is 5.91 Å². The second kappa shape index (κ2) is 8.33. The van der Waals surface area contributed by atoms with Crippen LogP contribution in [0.5, 0.6) is 0 Å². The molecule has 1 amide bonds. The summed E-state index contributed by atoms with van der Waals surface area (Å²) in [7, 11) is 1.21. The summed E-state index contributed by atoms with van der Waals surface area (Å²) in [6.45, 7) is 0. The van der Waals surface area contributed by atoms with Crippen molar-refractivity contribution in [3.05, 3.63) is 77.4 Å². The van der Waals surface area contributed by atoms with Gasteiger partial charge in [0.25, 0.3) is 0 Å². The number of ether oxygens (including phenoxy) is 1. The second-order valence-electron chi connectivity index (χ2n) is 5.33. The van der Waals surface area contributed by atoms with Crippen LogP contribution in [0.25, 0.3) is 6.08 Å². The number of benzene rings is 2. The zero-order chi connectivity index (χ0) is 19.2. The maximum atomic E-state index is 12.5. The maximum Gasteiger partial charge on any atom is 0.416 e. The fourth-order valence-corrected chi connectivity index (χ4v) is 2.19. The van der Waals surface area contributed by atoms with Crippen molar-refractivity contribution in [1.29, 1.82) is 0 Å².